The van der Waals surface area contributed by atoms with Crippen molar-refractivity contribution in [1.29, 1.82) is 0 Å². The van der Waals surface area contributed by atoms with Gasteiger partial charge in [0.2, 0.25) is 0 Å². The molecule has 8 heteroatoms. The minimum Gasteiger partial charge on any atom is -0.493 e. The molecule has 156 valence electrons. The number of pyridine rings is 1. The Balaban J connectivity index is 1.74. The van der Waals surface area contributed by atoms with Gasteiger partial charge in [0.05, 0.1) is 19.9 Å². The summed E-state index contributed by atoms with van der Waals surface area (Å²) in [6.07, 6.45) is 1.58. The Kier molecular flexibility index (Phi) is 6.69. The molecular formula is C22H20FNO6. The Morgan fingerprint density at radius 1 is 0.967 bits per heavy atom. The number of ether oxygens (including phenoxy) is 4. The fourth-order valence-corrected chi connectivity index (χ4v) is 2.63. The van der Waals surface area contributed by atoms with Gasteiger partial charge < -0.3 is 18.9 Å². The summed E-state index contributed by atoms with van der Waals surface area (Å²) in [5.41, 5.74) is 1.03. The molecule has 0 bridgehead atoms. The molecule has 3 aromatic rings. The summed E-state index contributed by atoms with van der Waals surface area (Å²) in [7, 11) is 2.73. The molecule has 0 atom stereocenters. The van der Waals surface area contributed by atoms with Crippen LogP contribution < -0.4 is 19.8 Å². The molecule has 3 rings (SSSR count). The first-order valence-electron chi connectivity index (χ1n) is 8.98. The van der Waals surface area contributed by atoms with Crippen LogP contribution in [0.25, 0.3) is 5.69 Å². The van der Waals surface area contributed by atoms with Crippen LogP contribution >= 0.6 is 0 Å². The van der Waals surface area contributed by atoms with Gasteiger partial charge in [-0.05, 0) is 35.9 Å². The Morgan fingerprint density at radius 2 is 1.73 bits per heavy atom. The largest absolute Gasteiger partial charge is 0.493 e. The molecule has 0 aliphatic carbocycles. The van der Waals surface area contributed by atoms with Crippen molar-refractivity contribution in [3.63, 3.8) is 0 Å². The molecule has 0 spiro atoms. The van der Waals surface area contributed by atoms with Gasteiger partial charge in [-0.3, -0.25) is 9.36 Å². The topological polar surface area (TPSA) is 76.0 Å². The second-order valence-corrected chi connectivity index (χ2v) is 6.19. The molecular weight excluding hydrogens is 393 g/mol. The number of hydrogen-bond acceptors (Lipinski definition) is 6. The van der Waals surface area contributed by atoms with Gasteiger partial charge in [0, 0.05) is 18.3 Å². The van der Waals surface area contributed by atoms with E-state index in [1.807, 2.05) is 0 Å². The lowest BCUT2D eigenvalue weighted by Crippen LogP contribution is -2.17. The number of halogens is 1. The van der Waals surface area contributed by atoms with E-state index in [0.29, 0.717) is 22.9 Å². The van der Waals surface area contributed by atoms with E-state index in [1.54, 1.807) is 42.6 Å². The van der Waals surface area contributed by atoms with Crippen molar-refractivity contribution in [3.8, 4) is 22.9 Å². The van der Waals surface area contributed by atoms with Gasteiger partial charge in [-0.25, -0.2) is 9.18 Å². The third-order valence-corrected chi connectivity index (χ3v) is 4.21. The van der Waals surface area contributed by atoms with E-state index >= 15 is 0 Å². The van der Waals surface area contributed by atoms with E-state index in [4.69, 9.17) is 14.2 Å². The van der Waals surface area contributed by atoms with Crippen LogP contribution in [0.3, 0.4) is 0 Å². The average Bonchev–Trinajstić information content (AvgIpc) is 2.77. The molecule has 2 aromatic carbocycles. The number of hydrogen-bond donors (Lipinski definition) is 0. The van der Waals surface area contributed by atoms with Gasteiger partial charge in [-0.15, -0.1) is 0 Å². The van der Waals surface area contributed by atoms with Crippen LogP contribution in [-0.4, -0.2) is 31.4 Å². The quantitative estimate of drug-likeness (QED) is 0.528. The van der Waals surface area contributed by atoms with Crippen molar-refractivity contribution in [2.24, 2.45) is 0 Å². The first kappa shape index (κ1) is 20.9. The van der Waals surface area contributed by atoms with E-state index in [9.17, 15) is 14.0 Å². The number of carbonyl (C=O) groups is 1. The smallest absolute Gasteiger partial charge is 0.343 e. The van der Waals surface area contributed by atoms with Gasteiger partial charge in [-0.1, -0.05) is 12.1 Å². The van der Waals surface area contributed by atoms with Crippen molar-refractivity contribution in [3.05, 3.63) is 82.5 Å². The molecule has 0 N–H and O–H groups in total. The standard InChI is InChI=1S/C22H20FNO6/c1-27-20-11-17(7-8-19(20)30-14-22(26)28-2)24-10-9-18(12-21(24)25)29-13-15-3-5-16(23)6-4-15/h3-12H,13-14H2,1-2H3. The monoisotopic (exact) mass is 413 g/mol. The van der Waals surface area contributed by atoms with E-state index < -0.39 is 5.97 Å². The van der Waals surface area contributed by atoms with Gasteiger partial charge in [0.1, 0.15) is 18.2 Å². The van der Waals surface area contributed by atoms with Crippen molar-refractivity contribution in [1.82, 2.24) is 4.57 Å². The van der Waals surface area contributed by atoms with Gasteiger partial charge >= 0.3 is 5.97 Å². The number of carbonyl (C=O) groups excluding carboxylic acids is 1. The number of nitrogens with zero attached hydrogens (tertiary/aromatic N) is 1. The molecule has 0 radical (unpaired) electrons. The number of aromatic nitrogens is 1. The maximum Gasteiger partial charge on any atom is 0.343 e. The molecule has 30 heavy (non-hydrogen) atoms. The zero-order valence-corrected chi connectivity index (χ0v) is 16.5. The molecule has 7 nitrogen and oxygen atoms in total. The van der Waals surface area contributed by atoms with E-state index in [-0.39, 0.29) is 24.6 Å². The lowest BCUT2D eigenvalue weighted by molar-refractivity contribution is -0.142. The molecule has 0 aliphatic rings. The highest BCUT2D eigenvalue weighted by Gasteiger charge is 2.11. The maximum absolute atomic E-state index is 13.0. The molecule has 0 saturated heterocycles. The fraction of sp³-hybridized carbons (Fsp3) is 0.182. The Morgan fingerprint density at radius 3 is 2.40 bits per heavy atom. The highest BCUT2D eigenvalue weighted by atomic mass is 19.1. The summed E-state index contributed by atoms with van der Waals surface area (Å²) in [4.78, 5) is 23.8. The van der Waals surface area contributed by atoms with Crippen LogP contribution in [0.15, 0.2) is 65.6 Å². The van der Waals surface area contributed by atoms with Crippen LogP contribution in [0.2, 0.25) is 0 Å². The number of esters is 1. The van der Waals surface area contributed by atoms with Crippen LogP contribution in [0.4, 0.5) is 4.39 Å². The first-order valence-corrected chi connectivity index (χ1v) is 8.98. The third-order valence-electron chi connectivity index (χ3n) is 4.21. The third kappa shape index (κ3) is 5.16. The highest BCUT2D eigenvalue weighted by molar-refractivity contribution is 5.71. The second-order valence-electron chi connectivity index (χ2n) is 6.19. The van der Waals surface area contributed by atoms with Crippen LogP contribution in [0, 0.1) is 5.82 Å². The van der Waals surface area contributed by atoms with Crippen LogP contribution in [0.5, 0.6) is 17.2 Å². The van der Waals surface area contributed by atoms with Gasteiger partial charge in [0.15, 0.2) is 18.1 Å². The number of methoxy groups -OCH3 is 2. The molecule has 1 aromatic heterocycles. The molecule has 0 fully saturated rings. The summed E-state index contributed by atoms with van der Waals surface area (Å²) in [5.74, 6) is 0.261. The summed E-state index contributed by atoms with van der Waals surface area (Å²) >= 11 is 0. The second kappa shape index (κ2) is 9.60. The zero-order chi connectivity index (χ0) is 21.5. The molecule has 0 amide bonds. The first-order chi connectivity index (χ1) is 14.5. The SMILES string of the molecule is COC(=O)COc1ccc(-n2ccc(OCc3ccc(F)cc3)cc2=O)cc1OC. The summed E-state index contributed by atoms with van der Waals surface area (Å²) in [6, 6.07) is 13.8. The number of benzene rings is 2. The fourth-order valence-electron chi connectivity index (χ4n) is 2.63. The van der Waals surface area contributed by atoms with Crippen LogP contribution in [0.1, 0.15) is 5.56 Å². The minimum atomic E-state index is -0.520. The summed E-state index contributed by atoms with van der Waals surface area (Å²) in [6.45, 7) is -0.0456. The van der Waals surface area contributed by atoms with E-state index in [1.165, 1.54) is 37.0 Å². The molecule has 0 unspecified atom stereocenters. The van der Waals surface area contributed by atoms with Gasteiger partial charge in [0.25, 0.3) is 5.56 Å². The van der Waals surface area contributed by atoms with Crippen molar-refractivity contribution >= 4 is 5.97 Å². The van der Waals surface area contributed by atoms with Gasteiger partial charge in [-0.2, -0.15) is 0 Å². The van der Waals surface area contributed by atoms with Crippen LogP contribution in [-0.2, 0) is 16.1 Å². The summed E-state index contributed by atoms with van der Waals surface area (Å²) < 4.78 is 35.2. The normalized spacial score (nSPS) is 10.4. The van der Waals surface area contributed by atoms with Crippen molar-refractivity contribution in [2.45, 2.75) is 6.61 Å². The Bertz CT molecular complexity index is 1080. The van der Waals surface area contributed by atoms with Crippen molar-refractivity contribution in [2.75, 3.05) is 20.8 Å². The van der Waals surface area contributed by atoms with Crippen molar-refractivity contribution < 1.29 is 28.1 Å². The van der Waals surface area contributed by atoms with E-state index in [2.05, 4.69) is 4.74 Å². The lowest BCUT2D eigenvalue weighted by Gasteiger charge is -2.13. The predicted octanol–water partition coefficient (Wildman–Crippen LogP) is 3.12. The average molecular weight is 413 g/mol. The highest BCUT2D eigenvalue weighted by Crippen LogP contribution is 2.29. The number of rotatable bonds is 8. The molecule has 0 saturated carbocycles. The summed E-state index contributed by atoms with van der Waals surface area (Å²) in [5, 5.41) is 0. The van der Waals surface area contributed by atoms with E-state index in [0.717, 1.165) is 5.56 Å². The maximum atomic E-state index is 13.0. The lowest BCUT2D eigenvalue weighted by atomic mass is 10.2. The molecule has 1 heterocycles. The minimum absolute atomic E-state index is 0.212. The Hall–Kier alpha value is -3.81. The Labute approximate surface area is 172 Å². The zero-order valence-electron chi connectivity index (χ0n) is 16.5. The predicted molar refractivity (Wildman–Crippen MR) is 107 cm³/mol. The molecule has 0 aliphatic heterocycles.